The molecule has 0 radical (unpaired) electrons. The van der Waals surface area contributed by atoms with Gasteiger partial charge in [-0.25, -0.2) is 37.5 Å². The molecule has 0 spiro atoms. The van der Waals surface area contributed by atoms with Crippen molar-refractivity contribution in [3.63, 3.8) is 0 Å². The number of fused-ring (bicyclic) bond motifs is 1. The van der Waals surface area contributed by atoms with Crippen molar-refractivity contribution in [1.82, 2.24) is 29.0 Å². The van der Waals surface area contributed by atoms with Crippen molar-refractivity contribution < 1.29 is 8.42 Å². The third-order valence-corrected chi connectivity index (χ3v) is 5.64. The van der Waals surface area contributed by atoms with Crippen molar-refractivity contribution in [2.45, 2.75) is 16.7 Å². The van der Waals surface area contributed by atoms with E-state index in [9.17, 15) is 13.2 Å². The summed E-state index contributed by atoms with van der Waals surface area (Å²) in [5.41, 5.74) is 0.0229. The van der Waals surface area contributed by atoms with Gasteiger partial charge in [-0.15, -0.1) is 13.2 Å². The van der Waals surface area contributed by atoms with Crippen molar-refractivity contribution in [2.24, 2.45) is 0 Å². The van der Waals surface area contributed by atoms with Gasteiger partial charge < -0.3 is 0 Å². The molecular formula is C17H18N6O3S2. The highest BCUT2D eigenvalue weighted by atomic mass is 32.2. The summed E-state index contributed by atoms with van der Waals surface area (Å²) < 4.78 is 30.1. The molecule has 0 unspecified atom stereocenters. The lowest BCUT2D eigenvalue weighted by molar-refractivity contribution is 0.574. The second-order valence-electron chi connectivity index (χ2n) is 5.56. The molecule has 146 valence electrons. The smallest absolute Gasteiger partial charge is 0.267 e. The molecular weight excluding hydrogens is 400 g/mol. The van der Waals surface area contributed by atoms with Gasteiger partial charge in [0.2, 0.25) is 0 Å². The van der Waals surface area contributed by atoms with Gasteiger partial charge in [0.05, 0.1) is 6.54 Å². The Bertz CT molecular complexity index is 1210. The molecule has 0 atom stereocenters. The Hall–Kier alpha value is -2.76. The molecule has 1 N–H and O–H groups in total. The molecule has 0 saturated carbocycles. The molecule has 3 rings (SSSR count). The minimum absolute atomic E-state index is 0.0756. The maximum Gasteiger partial charge on any atom is 0.278 e. The molecule has 0 amide bonds. The first-order valence-corrected chi connectivity index (χ1v) is 10.8. The summed E-state index contributed by atoms with van der Waals surface area (Å²) in [4.78, 5) is 25.6. The van der Waals surface area contributed by atoms with Crippen LogP contribution in [0.2, 0.25) is 0 Å². The van der Waals surface area contributed by atoms with Gasteiger partial charge in [-0.05, 0) is 18.4 Å². The van der Waals surface area contributed by atoms with Crippen molar-refractivity contribution in [2.75, 3.05) is 12.8 Å². The number of hydrogen-bond acceptors (Lipinski definition) is 7. The molecule has 0 aliphatic carbocycles. The van der Waals surface area contributed by atoms with Crippen LogP contribution in [0.1, 0.15) is 0 Å². The Morgan fingerprint density at radius 3 is 2.71 bits per heavy atom. The first kappa shape index (κ1) is 20.0. The Labute approximate surface area is 165 Å². The van der Waals surface area contributed by atoms with Crippen LogP contribution in [0, 0.1) is 0 Å². The minimum atomic E-state index is -3.83. The number of aromatic nitrogens is 5. The van der Waals surface area contributed by atoms with E-state index in [0.717, 1.165) is 0 Å². The third-order valence-electron chi connectivity index (χ3n) is 3.76. The van der Waals surface area contributed by atoms with Crippen LogP contribution >= 0.6 is 11.8 Å². The van der Waals surface area contributed by atoms with E-state index in [4.69, 9.17) is 0 Å². The minimum Gasteiger partial charge on any atom is -0.267 e. The Morgan fingerprint density at radius 1 is 1.25 bits per heavy atom. The number of pyridine rings is 1. The van der Waals surface area contributed by atoms with Crippen LogP contribution in [0.3, 0.4) is 0 Å². The van der Waals surface area contributed by atoms with Crippen molar-refractivity contribution >= 4 is 32.8 Å². The van der Waals surface area contributed by atoms with E-state index in [-0.39, 0.29) is 29.5 Å². The quantitative estimate of drug-likeness (QED) is 0.334. The number of rotatable bonds is 8. The van der Waals surface area contributed by atoms with Gasteiger partial charge >= 0.3 is 0 Å². The average molecular weight is 419 g/mol. The standard InChI is InChI=1S/C17H18N6O3S2/c1-4-9-19-28(25,26)14-8-6-7-13(20-14)23-15-12(11-18-17(21-15)27-3)16(24)22(23)10-5-2/h4-8,11,19H,1-2,9-10H2,3H3. The summed E-state index contributed by atoms with van der Waals surface area (Å²) in [6, 6.07) is 4.53. The van der Waals surface area contributed by atoms with Gasteiger partial charge in [-0.1, -0.05) is 30.0 Å². The molecule has 3 heterocycles. The summed E-state index contributed by atoms with van der Waals surface area (Å²) in [6.45, 7) is 7.44. The van der Waals surface area contributed by atoms with Crippen molar-refractivity contribution in [3.8, 4) is 5.82 Å². The highest BCUT2D eigenvalue weighted by Gasteiger charge is 2.20. The lowest BCUT2D eigenvalue weighted by Crippen LogP contribution is -2.26. The second kappa shape index (κ2) is 8.09. The number of sulfonamides is 1. The van der Waals surface area contributed by atoms with Crippen LogP contribution in [0.25, 0.3) is 16.9 Å². The van der Waals surface area contributed by atoms with Gasteiger partial charge in [0, 0.05) is 12.7 Å². The predicted molar refractivity (Wildman–Crippen MR) is 108 cm³/mol. The maximum atomic E-state index is 12.8. The van der Waals surface area contributed by atoms with Gasteiger partial charge in [-0.2, -0.15) is 0 Å². The van der Waals surface area contributed by atoms with E-state index in [0.29, 0.717) is 16.2 Å². The topological polar surface area (TPSA) is 112 Å². The zero-order valence-corrected chi connectivity index (χ0v) is 16.7. The Kier molecular flexibility index (Phi) is 5.77. The first-order chi connectivity index (χ1) is 13.4. The van der Waals surface area contributed by atoms with Crippen molar-refractivity contribution in [3.05, 3.63) is 60.1 Å². The van der Waals surface area contributed by atoms with Crippen molar-refractivity contribution in [1.29, 1.82) is 0 Å². The highest BCUT2D eigenvalue weighted by Crippen LogP contribution is 2.18. The zero-order valence-electron chi connectivity index (χ0n) is 15.1. The summed E-state index contributed by atoms with van der Waals surface area (Å²) in [7, 11) is -3.83. The van der Waals surface area contributed by atoms with E-state index >= 15 is 0 Å². The largest absolute Gasteiger partial charge is 0.278 e. The number of hydrogen-bond donors (Lipinski definition) is 1. The molecule has 0 aliphatic rings. The van der Waals surface area contributed by atoms with E-state index in [1.165, 1.54) is 39.5 Å². The van der Waals surface area contributed by atoms with Crippen LogP contribution in [-0.4, -0.2) is 45.5 Å². The molecule has 28 heavy (non-hydrogen) atoms. The summed E-state index contributed by atoms with van der Waals surface area (Å²) in [5, 5.41) is 0.610. The number of nitrogens with zero attached hydrogens (tertiary/aromatic N) is 5. The number of nitrogens with one attached hydrogen (secondary N) is 1. The van der Waals surface area contributed by atoms with Crippen LogP contribution in [-0.2, 0) is 16.6 Å². The van der Waals surface area contributed by atoms with Gasteiger partial charge in [0.15, 0.2) is 21.6 Å². The molecule has 0 aromatic carbocycles. The molecule has 3 aromatic rings. The second-order valence-corrected chi connectivity index (χ2v) is 8.04. The Balaban J connectivity index is 2.27. The van der Waals surface area contributed by atoms with Gasteiger partial charge in [-0.3, -0.25) is 4.79 Å². The maximum absolute atomic E-state index is 12.8. The van der Waals surface area contributed by atoms with E-state index in [2.05, 4.69) is 32.8 Å². The molecule has 0 aliphatic heterocycles. The first-order valence-electron chi connectivity index (χ1n) is 8.14. The van der Waals surface area contributed by atoms with E-state index in [1.54, 1.807) is 18.2 Å². The normalized spacial score (nSPS) is 11.6. The third kappa shape index (κ3) is 3.63. The molecule has 0 bridgehead atoms. The van der Waals surface area contributed by atoms with Crippen LogP contribution < -0.4 is 10.3 Å². The van der Waals surface area contributed by atoms with Crippen LogP contribution in [0.5, 0.6) is 0 Å². The van der Waals surface area contributed by atoms with Crippen LogP contribution in [0.15, 0.2) is 64.7 Å². The molecule has 11 heteroatoms. The van der Waals surface area contributed by atoms with E-state index < -0.39 is 10.0 Å². The van der Waals surface area contributed by atoms with E-state index in [1.807, 2.05) is 6.26 Å². The molecule has 0 fully saturated rings. The van der Waals surface area contributed by atoms with Gasteiger partial charge in [0.25, 0.3) is 15.6 Å². The fraction of sp³-hybridized carbons (Fsp3) is 0.176. The fourth-order valence-electron chi connectivity index (χ4n) is 2.55. The molecule has 9 nitrogen and oxygen atoms in total. The lowest BCUT2D eigenvalue weighted by atomic mass is 10.4. The van der Waals surface area contributed by atoms with Crippen LogP contribution in [0.4, 0.5) is 0 Å². The average Bonchev–Trinajstić information content (AvgIpc) is 2.98. The monoisotopic (exact) mass is 418 g/mol. The predicted octanol–water partition coefficient (Wildman–Crippen LogP) is 1.35. The fourth-order valence-corrected chi connectivity index (χ4v) is 3.84. The molecule has 0 saturated heterocycles. The zero-order chi connectivity index (χ0) is 20.3. The highest BCUT2D eigenvalue weighted by molar-refractivity contribution is 7.98. The summed E-state index contributed by atoms with van der Waals surface area (Å²) >= 11 is 1.33. The summed E-state index contributed by atoms with van der Waals surface area (Å²) in [6.07, 6.45) is 6.27. The SMILES string of the molecule is C=CCNS(=O)(=O)c1cccc(-n2c3nc(SC)ncc3c(=O)n2CC=C)n1. The lowest BCUT2D eigenvalue weighted by Gasteiger charge is -2.11. The Morgan fingerprint density at radius 2 is 2.04 bits per heavy atom. The number of allylic oxidation sites excluding steroid dienone is 1. The summed E-state index contributed by atoms with van der Waals surface area (Å²) in [5.74, 6) is 0.237. The van der Waals surface area contributed by atoms with Gasteiger partial charge in [0.1, 0.15) is 5.39 Å². The number of thioether (sulfide) groups is 1. The molecule has 3 aromatic heterocycles.